The SMILES string of the molecule is CNCCCc1nc2c(OC)ccc(C)c2[nH]1. The molecule has 0 aliphatic carbocycles. The van der Waals surface area contributed by atoms with Crippen LogP contribution in [0.4, 0.5) is 0 Å². The van der Waals surface area contributed by atoms with Gasteiger partial charge in [0, 0.05) is 6.42 Å². The number of aryl methyl sites for hydroxylation is 2. The largest absolute Gasteiger partial charge is 0.494 e. The van der Waals surface area contributed by atoms with Crippen LogP contribution in [-0.2, 0) is 6.42 Å². The van der Waals surface area contributed by atoms with E-state index in [9.17, 15) is 0 Å². The standard InChI is InChI=1S/C13H19N3O/c1-9-6-7-10(17-3)13-12(9)15-11(16-13)5-4-8-14-2/h6-7,14H,4-5,8H2,1-3H3,(H,15,16). The van der Waals surface area contributed by atoms with Crippen LogP contribution >= 0.6 is 0 Å². The molecule has 92 valence electrons. The van der Waals surface area contributed by atoms with Gasteiger partial charge in [0.15, 0.2) is 0 Å². The molecule has 0 fully saturated rings. The molecule has 0 spiro atoms. The fourth-order valence-corrected chi connectivity index (χ4v) is 1.96. The van der Waals surface area contributed by atoms with Crippen molar-refractivity contribution in [3.63, 3.8) is 0 Å². The molecule has 0 atom stereocenters. The number of aromatic nitrogens is 2. The van der Waals surface area contributed by atoms with Crippen molar-refractivity contribution in [1.82, 2.24) is 15.3 Å². The third kappa shape index (κ3) is 2.42. The lowest BCUT2D eigenvalue weighted by Gasteiger charge is -2.01. The summed E-state index contributed by atoms with van der Waals surface area (Å²) in [5.41, 5.74) is 3.23. The Morgan fingerprint density at radius 1 is 1.41 bits per heavy atom. The number of nitrogens with zero attached hydrogens (tertiary/aromatic N) is 1. The highest BCUT2D eigenvalue weighted by Crippen LogP contribution is 2.26. The fraction of sp³-hybridized carbons (Fsp3) is 0.462. The molecule has 0 radical (unpaired) electrons. The summed E-state index contributed by atoms with van der Waals surface area (Å²) in [6.07, 6.45) is 2.04. The fourth-order valence-electron chi connectivity index (χ4n) is 1.96. The number of fused-ring (bicyclic) bond motifs is 1. The van der Waals surface area contributed by atoms with Crippen molar-refractivity contribution in [2.24, 2.45) is 0 Å². The molecule has 0 amide bonds. The number of rotatable bonds is 5. The van der Waals surface area contributed by atoms with E-state index >= 15 is 0 Å². The monoisotopic (exact) mass is 233 g/mol. The van der Waals surface area contributed by atoms with Gasteiger partial charge in [-0.1, -0.05) is 6.07 Å². The van der Waals surface area contributed by atoms with E-state index in [0.29, 0.717) is 0 Å². The minimum atomic E-state index is 0.835. The van der Waals surface area contributed by atoms with Gasteiger partial charge in [-0.15, -0.1) is 0 Å². The number of methoxy groups -OCH3 is 1. The van der Waals surface area contributed by atoms with Crippen LogP contribution in [0.1, 0.15) is 17.8 Å². The van der Waals surface area contributed by atoms with E-state index in [2.05, 4.69) is 28.3 Å². The van der Waals surface area contributed by atoms with E-state index in [1.807, 2.05) is 13.1 Å². The first-order chi connectivity index (χ1) is 8.26. The predicted octanol–water partition coefficient (Wildman–Crippen LogP) is 2.03. The van der Waals surface area contributed by atoms with E-state index in [1.165, 1.54) is 5.56 Å². The molecular weight excluding hydrogens is 214 g/mol. The lowest BCUT2D eigenvalue weighted by atomic mass is 10.2. The van der Waals surface area contributed by atoms with Crippen molar-refractivity contribution >= 4 is 11.0 Å². The molecule has 1 aromatic carbocycles. The minimum Gasteiger partial charge on any atom is -0.494 e. The lowest BCUT2D eigenvalue weighted by molar-refractivity contribution is 0.419. The number of hydrogen-bond acceptors (Lipinski definition) is 3. The Balaban J connectivity index is 2.31. The number of ether oxygens (including phenoxy) is 1. The summed E-state index contributed by atoms with van der Waals surface area (Å²) in [4.78, 5) is 7.99. The first-order valence-electron chi connectivity index (χ1n) is 5.93. The highest BCUT2D eigenvalue weighted by Gasteiger charge is 2.09. The Hall–Kier alpha value is -1.55. The van der Waals surface area contributed by atoms with Gasteiger partial charge in [-0.25, -0.2) is 4.98 Å². The van der Waals surface area contributed by atoms with Crippen molar-refractivity contribution in [2.45, 2.75) is 19.8 Å². The van der Waals surface area contributed by atoms with Crippen LogP contribution < -0.4 is 10.1 Å². The van der Waals surface area contributed by atoms with E-state index < -0.39 is 0 Å². The molecule has 2 aromatic rings. The lowest BCUT2D eigenvalue weighted by Crippen LogP contribution is -2.08. The van der Waals surface area contributed by atoms with Crippen molar-refractivity contribution < 1.29 is 4.74 Å². The van der Waals surface area contributed by atoms with Crippen LogP contribution in [0.15, 0.2) is 12.1 Å². The molecule has 0 aliphatic rings. The second-order valence-electron chi connectivity index (χ2n) is 4.20. The maximum Gasteiger partial charge on any atom is 0.146 e. The van der Waals surface area contributed by atoms with Crippen LogP contribution in [0.5, 0.6) is 5.75 Å². The quantitative estimate of drug-likeness (QED) is 0.777. The van der Waals surface area contributed by atoms with Crippen LogP contribution in [0.3, 0.4) is 0 Å². The molecule has 17 heavy (non-hydrogen) atoms. The van der Waals surface area contributed by atoms with Gasteiger partial charge in [0.25, 0.3) is 0 Å². The van der Waals surface area contributed by atoms with Crippen LogP contribution in [-0.4, -0.2) is 30.7 Å². The first kappa shape index (κ1) is 11.9. The highest BCUT2D eigenvalue weighted by atomic mass is 16.5. The Labute approximate surface area is 101 Å². The number of imidazole rings is 1. The normalized spacial score (nSPS) is 11.0. The van der Waals surface area contributed by atoms with Gasteiger partial charge in [-0.05, 0) is 38.6 Å². The minimum absolute atomic E-state index is 0.835. The summed E-state index contributed by atoms with van der Waals surface area (Å²) >= 11 is 0. The molecule has 2 N–H and O–H groups in total. The maximum atomic E-state index is 5.33. The Morgan fingerprint density at radius 2 is 2.24 bits per heavy atom. The van der Waals surface area contributed by atoms with Gasteiger partial charge >= 0.3 is 0 Å². The summed E-state index contributed by atoms with van der Waals surface area (Å²) in [6.45, 7) is 3.09. The van der Waals surface area contributed by atoms with Crippen molar-refractivity contribution in [2.75, 3.05) is 20.7 Å². The smallest absolute Gasteiger partial charge is 0.146 e. The average Bonchev–Trinajstić information content (AvgIpc) is 2.75. The molecular formula is C13H19N3O. The van der Waals surface area contributed by atoms with Gasteiger partial charge in [0.1, 0.15) is 17.1 Å². The number of benzene rings is 1. The molecule has 0 aliphatic heterocycles. The van der Waals surface area contributed by atoms with Gasteiger partial charge in [0.2, 0.25) is 0 Å². The van der Waals surface area contributed by atoms with Crippen LogP contribution in [0, 0.1) is 6.92 Å². The number of H-pyrrole nitrogens is 1. The number of aromatic amines is 1. The summed E-state index contributed by atoms with van der Waals surface area (Å²) < 4.78 is 5.33. The van der Waals surface area contributed by atoms with E-state index in [4.69, 9.17) is 4.74 Å². The van der Waals surface area contributed by atoms with Crippen molar-refractivity contribution in [3.05, 3.63) is 23.5 Å². The number of hydrogen-bond donors (Lipinski definition) is 2. The van der Waals surface area contributed by atoms with Crippen LogP contribution in [0.2, 0.25) is 0 Å². The second kappa shape index (κ2) is 5.19. The van der Waals surface area contributed by atoms with Gasteiger partial charge in [0.05, 0.1) is 12.6 Å². The van der Waals surface area contributed by atoms with Gasteiger partial charge in [-0.3, -0.25) is 0 Å². The van der Waals surface area contributed by atoms with E-state index in [1.54, 1.807) is 7.11 Å². The van der Waals surface area contributed by atoms with Crippen molar-refractivity contribution in [1.29, 1.82) is 0 Å². The highest BCUT2D eigenvalue weighted by molar-refractivity contribution is 5.84. The molecule has 4 heteroatoms. The Kier molecular flexibility index (Phi) is 3.64. The Morgan fingerprint density at radius 3 is 2.94 bits per heavy atom. The zero-order chi connectivity index (χ0) is 12.3. The number of nitrogens with one attached hydrogen (secondary N) is 2. The van der Waals surface area contributed by atoms with Gasteiger partial charge < -0.3 is 15.0 Å². The zero-order valence-corrected chi connectivity index (χ0v) is 10.6. The summed E-state index contributed by atoms with van der Waals surface area (Å²) in [5.74, 6) is 1.87. The third-order valence-electron chi connectivity index (χ3n) is 2.93. The second-order valence-corrected chi connectivity index (χ2v) is 4.20. The average molecular weight is 233 g/mol. The maximum absolute atomic E-state index is 5.33. The molecule has 0 saturated heterocycles. The molecule has 4 nitrogen and oxygen atoms in total. The third-order valence-corrected chi connectivity index (χ3v) is 2.93. The van der Waals surface area contributed by atoms with Crippen LogP contribution in [0.25, 0.3) is 11.0 Å². The summed E-state index contributed by atoms with van der Waals surface area (Å²) in [5, 5.41) is 3.14. The summed E-state index contributed by atoms with van der Waals surface area (Å²) in [7, 11) is 3.64. The van der Waals surface area contributed by atoms with Gasteiger partial charge in [-0.2, -0.15) is 0 Å². The molecule has 0 bridgehead atoms. The molecule has 2 rings (SSSR count). The predicted molar refractivity (Wildman–Crippen MR) is 69.6 cm³/mol. The summed E-state index contributed by atoms with van der Waals surface area (Å²) in [6, 6.07) is 4.02. The molecule has 0 unspecified atom stereocenters. The first-order valence-corrected chi connectivity index (χ1v) is 5.93. The zero-order valence-electron chi connectivity index (χ0n) is 10.6. The topological polar surface area (TPSA) is 49.9 Å². The van der Waals surface area contributed by atoms with E-state index in [0.717, 1.165) is 42.0 Å². The van der Waals surface area contributed by atoms with Crippen molar-refractivity contribution in [3.8, 4) is 5.75 Å². The molecule has 1 heterocycles. The molecule has 0 saturated carbocycles. The Bertz CT molecular complexity index is 505. The van der Waals surface area contributed by atoms with E-state index in [-0.39, 0.29) is 0 Å². The molecule has 1 aromatic heterocycles.